The highest BCUT2D eigenvalue weighted by Gasteiger charge is 2.30. The zero-order valence-corrected chi connectivity index (χ0v) is 11.0. The summed E-state index contributed by atoms with van der Waals surface area (Å²) < 4.78 is 37.5. The normalized spacial score (nSPS) is 13.2. The van der Waals surface area contributed by atoms with Crippen LogP contribution in [0.2, 0.25) is 0 Å². The van der Waals surface area contributed by atoms with Crippen LogP contribution in [-0.4, -0.2) is 12.1 Å². The molecule has 0 saturated carbocycles. The van der Waals surface area contributed by atoms with Crippen LogP contribution in [0.3, 0.4) is 0 Å². The van der Waals surface area contributed by atoms with Gasteiger partial charge in [0.05, 0.1) is 5.56 Å². The van der Waals surface area contributed by atoms with E-state index in [0.29, 0.717) is 0 Å². The number of carbonyl (C=O) groups excluding carboxylic acids is 1. The zero-order chi connectivity index (χ0) is 14.6. The number of amides is 2. The first-order valence-electron chi connectivity index (χ1n) is 5.95. The van der Waals surface area contributed by atoms with Crippen molar-refractivity contribution in [1.29, 1.82) is 0 Å². The quantitative estimate of drug-likeness (QED) is 0.863. The lowest BCUT2D eigenvalue weighted by Crippen LogP contribution is -2.39. The van der Waals surface area contributed by atoms with Gasteiger partial charge in [-0.25, -0.2) is 4.79 Å². The van der Waals surface area contributed by atoms with Gasteiger partial charge in [-0.05, 0) is 31.0 Å². The fourth-order valence-electron chi connectivity index (χ4n) is 1.31. The van der Waals surface area contributed by atoms with Gasteiger partial charge in [-0.15, -0.1) is 0 Å². The Bertz CT molecular complexity index is 444. The Balaban J connectivity index is 2.70. The third-order valence-electron chi connectivity index (χ3n) is 2.81. The molecular weight excluding hydrogens is 257 g/mol. The number of rotatable bonds is 3. The van der Waals surface area contributed by atoms with Crippen LogP contribution in [0.25, 0.3) is 0 Å². The lowest BCUT2D eigenvalue weighted by atomic mass is 10.1. The lowest BCUT2D eigenvalue weighted by Gasteiger charge is -2.18. The maximum atomic E-state index is 12.5. The largest absolute Gasteiger partial charge is 0.416 e. The monoisotopic (exact) mass is 274 g/mol. The van der Waals surface area contributed by atoms with Crippen molar-refractivity contribution >= 4 is 11.7 Å². The second-order valence-corrected chi connectivity index (χ2v) is 4.71. The first-order chi connectivity index (χ1) is 8.70. The third kappa shape index (κ3) is 4.81. The van der Waals surface area contributed by atoms with E-state index in [1.165, 1.54) is 12.1 Å². The molecule has 0 aliphatic heterocycles. The summed E-state index contributed by atoms with van der Waals surface area (Å²) in [6.07, 6.45) is -4.42. The maximum Gasteiger partial charge on any atom is 0.416 e. The summed E-state index contributed by atoms with van der Waals surface area (Å²) in [5.41, 5.74) is -0.675. The predicted molar refractivity (Wildman–Crippen MR) is 67.9 cm³/mol. The van der Waals surface area contributed by atoms with Gasteiger partial charge in [-0.2, -0.15) is 13.2 Å². The average molecular weight is 274 g/mol. The first kappa shape index (κ1) is 15.3. The number of nitrogens with one attached hydrogen (secondary N) is 2. The fraction of sp³-hybridized carbons (Fsp3) is 0.462. The fourth-order valence-corrected chi connectivity index (χ4v) is 1.31. The lowest BCUT2D eigenvalue weighted by molar-refractivity contribution is -0.137. The Morgan fingerprint density at radius 2 is 1.84 bits per heavy atom. The van der Waals surface area contributed by atoms with Crippen LogP contribution in [0.5, 0.6) is 0 Å². The molecule has 19 heavy (non-hydrogen) atoms. The Kier molecular flexibility index (Phi) is 4.80. The molecule has 1 rings (SSSR count). The van der Waals surface area contributed by atoms with Crippen molar-refractivity contribution < 1.29 is 18.0 Å². The molecule has 1 unspecified atom stereocenters. The Morgan fingerprint density at radius 3 is 2.37 bits per heavy atom. The van der Waals surface area contributed by atoms with Crippen molar-refractivity contribution in [3.8, 4) is 0 Å². The Morgan fingerprint density at radius 1 is 1.21 bits per heavy atom. The molecule has 1 aromatic rings. The highest BCUT2D eigenvalue weighted by atomic mass is 19.4. The minimum Gasteiger partial charge on any atom is -0.335 e. The predicted octanol–water partition coefficient (Wildman–Crippen LogP) is 3.87. The number of hydrogen-bond donors (Lipinski definition) is 2. The van der Waals surface area contributed by atoms with Crippen LogP contribution in [0.15, 0.2) is 24.3 Å². The van der Waals surface area contributed by atoms with Gasteiger partial charge < -0.3 is 10.6 Å². The van der Waals surface area contributed by atoms with E-state index >= 15 is 0 Å². The van der Waals surface area contributed by atoms with Crippen molar-refractivity contribution in [1.82, 2.24) is 5.32 Å². The van der Waals surface area contributed by atoms with Crippen molar-refractivity contribution in [3.05, 3.63) is 29.8 Å². The van der Waals surface area contributed by atoms with Gasteiger partial charge >= 0.3 is 12.2 Å². The number of carbonyl (C=O) groups is 1. The van der Waals surface area contributed by atoms with E-state index in [-0.39, 0.29) is 17.6 Å². The molecule has 1 atom stereocenters. The SMILES string of the molecule is CC(C)C(C)NC(=O)Nc1cccc(C(F)(F)F)c1. The van der Waals surface area contributed by atoms with Crippen molar-refractivity contribution in [2.45, 2.75) is 33.0 Å². The molecule has 0 aromatic heterocycles. The van der Waals surface area contributed by atoms with E-state index in [1.807, 2.05) is 20.8 Å². The topological polar surface area (TPSA) is 41.1 Å². The maximum absolute atomic E-state index is 12.5. The summed E-state index contributed by atoms with van der Waals surface area (Å²) in [5, 5.41) is 5.04. The number of urea groups is 1. The van der Waals surface area contributed by atoms with Crippen molar-refractivity contribution in [2.24, 2.45) is 5.92 Å². The number of hydrogen-bond acceptors (Lipinski definition) is 1. The van der Waals surface area contributed by atoms with Gasteiger partial charge in [0.1, 0.15) is 0 Å². The van der Waals surface area contributed by atoms with Crippen molar-refractivity contribution in [3.63, 3.8) is 0 Å². The van der Waals surface area contributed by atoms with Crippen LogP contribution in [0.4, 0.5) is 23.7 Å². The molecule has 0 radical (unpaired) electrons. The summed E-state index contributed by atoms with van der Waals surface area (Å²) in [6, 6.07) is 3.95. The minimum absolute atomic E-state index is 0.0641. The highest BCUT2D eigenvalue weighted by molar-refractivity contribution is 5.89. The zero-order valence-electron chi connectivity index (χ0n) is 11.0. The first-order valence-corrected chi connectivity index (χ1v) is 5.95. The van der Waals surface area contributed by atoms with E-state index < -0.39 is 17.8 Å². The van der Waals surface area contributed by atoms with Crippen LogP contribution in [-0.2, 0) is 6.18 Å². The summed E-state index contributed by atoms with van der Waals surface area (Å²) in [6.45, 7) is 5.71. The molecule has 3 nitrogen and oxygen atoms in total. The van der Waals surface area contributed by atoms with E-state index in [2.05, 4.69) is 10.6 Å². The van der Waals surface area contributed by atoms with Crippen molar-refractivity contribution in [2.75, 3.05) is 5.32 Å². The van der Waals surface area contributed by atoms with Crippen LogP contribution >= 0.6 is 0 Å². The van der Waals surface area contributed by atoms with Crippen LogP contribution in [0, 0.1) is 5.92 Å². The molecule has 0 bridgehead atoms. The van der Waals surface area contributed by atoms with Gasteiger partial charge in [0, 0.05) is 11.7 Å². The molecule has 0 aliphatic carbocycles. The Hall–Kier alpha value is -1.72. The highest BCUT2D eigenvalue weighted by Crippen LogP contribution is 2.30. The van der Waals surface area contributed by atoms with E-state index in [4.69, 9.17) is 0 Å². The number of alkyl halides is 3. The van der Waals surface area contributed by atoms with E-state index in [0.717, 1.165) is 12.1 Å². The Labute approximate surface area is 110 Å². The summed E-state index contributed by atoms with van der Waals surface area (Å²) >= 11 is 0. The molecule has 6 heteroatoms. The standard InChI is InChI=1S/C13H17F3N2O/c1-8(2)9(3)17-12(19)18-11-6-4-5-10(7-11)13(14,15)16/h4-9H,1-3H3,(H2,17,18,19). The smallest absolute Gasteiger partial charge is 0.335 e. The molecule has 0 saturated heterocycles. The van der Waals surface area contributed by atoms with Gasteiger partial charge in [-0.3, -0.25) is 0 Å². The van der Waals surface area contributed by atoms with Gasteiger partial charge in [-0.1, -0.05) is 19.9 Å². The van der Waals surface area contributed by atoms with Crippen LogP contribution in [0.1, 0.15) is 26.3 Å². The number of halogens is 3. The average Bonchev–Trinajstić information content (AvgIpc) is 2.27. The molecule has 106 valence electrons. The molecule has 2 N–H and O–H groups in total. The molecule has 0 heterocycles. The van der Waals surface area contributed by atoms with E-state index in [1.54, 1.807) is 0 Å². The second kappa shape index (κ2) is 5.95. The molecule has 0 fully saturated rings. The second-order valence-electron chi connectivity index (χ2n) is 4.71. The summed E-state index contributed by atoms with van der Waals surface area (Å²) in [7, 11) is 0. The molecule has 0 spiro atoms. The number of anilines is 1. The molecule has 1 aromatic carbocycles. The van der Waals surface area contributed by atoms with Gasteiger partial charge in [0.25, 0.3) is 0 Å². The summed E-state index contributed by atoms with van der Waals surface area (Å²) in [5.74, 6) is 0.243. The molecule has 2 amide bonds. The van der Waals surface area contributed by atoms with Crippen LogP contribution < -0.4 is 10.6 Å². The molecular formula is C13H17F3N2O. The van der Waals surface area contributed by atoms with Gasteiger partial charge in [0.2, 0.25) is 0 Å². The summed E-state index contributed by atoms with van der Waals surface area (Å²) in [4.78, 5) is 11.6. The third-order valence-corrected chi connectivity index (χ3v) is 2.81. The van der Waals surface area contributed by atoms with Gasteiger partial charge in [0.15, 0.2) is 0 Å². The van der Waals surface area contributed by atoms with E-state index in [9.17, 15) is 18.0 Å². The number of benzene rings is 1. The minimum atomic E-state index is -4.42. The molecule has 0 aliphatic rings.